The van der Waals surface area contributed by atoms with Crippen LogP contribution in [-0.4, -0.2) is 22.4 Å². The number of alkyl halides is 3. The van der Waals surface area contributed by atoms with E-state index in [-0.39, 0.29) is 35.7 Å². The van der Waals surface area contributed by atoms with Crippen molar-refractivity contribution >= 4 is 16.9 Å². The van der Waals surface area contributed by atoms with Gasteiger partial charge in [0.1, 0.15) is 5.69 Å². The lowest BCUT2D eigenvalue weighted by molar-refractivity contribution is -0.142. The normalized spacial score (nSPS) is 12.0. The minimum Gasteiger partial charge on any atom is -0.466 e. The lowest BCUT2D eigenvalue weighted by Crippen LogP contribution is -2.24. The summed E-state index contributed by atoms with van der Waals surface area (Å²) in [6.45, 7) is 5.26. The molecule has 1 aromatic heterocycles. The van der Waals surface area contributed by atoms with Crippen molar-refractivity contribution in [1.82, 2.24) is 9.78 Å². The number of halogens is 3. The molecule has 24 heavy (non-hydrogen) atoms. The first-order chi connectivity index (χ1) is 11.1. The minimum atomic E-state index is -4.52. The average molecular weight is 342 g/mol. The number of hydrogen-bond acceptors (Lipinski definition) is 4. The zero-order chi connectivity index (χ0) is 18.1. The van der Waals surface area contributed by atoms with E-state index in [4.69, 9.17) is 4.74 Å². The van der Waals surface area contributed by atoms with Crippen molar-refractivity contribution in [3.05, 3.63) is 39.7 Å². The average Bonchev–Trinajstić information content (AvgIpc) is 2.48. The summed E-state index contributed by atoms with van der Waals surface area (Å²) in [5, 5.41) is 4.17. The molecule has 0 radical (unpaired) electrons. The predicted octanol–water partition coefficient (Wildman–Crippen LogP) is 3.10. The van der Waals surface area contributed by atoms with E-state index < -0.39 is 23.1 Å². The van der Waals surface area contributed by atoms with E-state index in [0.717, 1.165) is 18.2 Å². The van der Waals surface area contributed by atoms with Gasteiger partial charge in [-0.3, -0.25) is 14.3 Å². The molecule has 2 rings (SSSR count). The van der Waals surface area contributed by atoms with Gasteiger partial charge in [-0.05, 0) is 39.0 Å². The van der Waals surface area contributed by atoms with Crippen molar-refractivity contribution in [2.75, 3.05) is 6.61 Å². The molecular weight excluding hydrogens is 325 g/mol. The summed E-state index contributed by atoms with van der Waals surface area (Å²) in [6, 6.07) is 2.58. The van der Waals surface area contributed by atoms with Gasteiger partial charge in [0.2, 0.25) is 5.43 Å². The van der Waals surface area contributed by atoms with E-state index in [0.29, 0.717) is 0 Å². The summed E-state index contributed by atoms with van der Waals surface area (Å²) in [4.78, 5) is 24.0. The minimum absolute atomic E-state index is 0.0468. The molecule has 2 aromatic rings. The van der Waals surface area contributed by atoms with E-state index in [1.54, 1.807) is 20.8 Å². The third-order valence-corrected chi connectivity index (χ3v) is 3.41. The number of aromatic nitrogens is 2. The van der Waals surface area contributed by atoms with Crippen molar-refractivity contribution in [3.63, 3.8) is 0 Å². The topological polar surface area (TPSA) is 61.2 Å². The first kappa shape index (κ1) is 18.0. The summed E-state index contributed by atoms with van der Waals surface area (Å²) in [5.41, 5.74) is -1.39. The second-order valence-electron chi connectivity index (χ2n) is 5.53. The standard InChI is InChI=1S/C16H17F3N2O3/c1-4-24-14(22)8-12-15(23)11-6-5-10(16(17,18)19)7-13(11)21(20-12)9(2)3/h5-7,9H,4,8H2,1-3H3. The fourth-order valence-electron chi connectivity index (χ4n) is 2.33. The Morgan fingerprint density at radius 2 is 2.00 bits per heavy atom. The highest BCUT2D eigenvalue weighted by Crippen LogP contribution is 2.31. The number of hydrogen-bond donors (Lipinski definition) is 0. The zero-order valence-corrected chi connectivity index (χ0v) is 13.5. The number of fused-ring (bicyclic) bond motifs is 1. The van der Waals surface area contributed by atoms with Crippen molar-refractivity contribution in [2.24, 2.45) is 0 Å². The Balaban J connectivity index is 2.68. The first-order valence-electron chi connectivity index (χ1n) is 7.43. The van der Waals surface area contributed by atoms with Gasteiger partial charge in [0.15, 0.2) is 0 Å². The summed E-state index contributed by atoms with van der Waals surface area (Å²) in [6.07, 6.45) is -4.84. The van der Waals surface area contributed by atoms with Gasteiger partial charge in [-0.15, -0.1) is 0 Å². The Hall–Kier alpha value is -2.38. The van der Waals surface area contributed by atoms with Crippen molar-refractivity contribution in [2.45, 2.75) is 39.4 Å². The van der Waals surface area contributed by atoms with Crippen molar-refractivity contribution in [3.8, 4) is 0 Å². The van der Waals surface area contributed by atoms with E-state index >= 15 is 0 Å². The van der Waals surface area contributed by atoms with Crippen molar-refractivity contribution < 1.29 is 22.7 Å². The lowest BCUT2D eigenvalue weighted by atomic mass is 10.1. The molecule has 0 aliphatic heterocycles. The molecular formula is C16H17F3N2O3. The van der Waals surface area contributed by atoms with Gasteiger partial charge in [-0.1, -0.05) is 0 Å². The Kier molecular flexibility index (Phi) is 4.96. The van der Waals surface area contributed by atoms with Gasteiger partial charge >= 0.3 is 12.1 Å². The Morgan fingerprint density at radius 1 is 1.33 bits per heavy atom. The highest BCUT2D eigenvalue weighted by molar-refractivity contribution is 5.81. The van der Waals surface area contributed by atoms with Gasteiger partial charge in [-0.25, -0.2) is 0 Å². The quantitative estimate of drug-likeness (QED) is 0.801. The van der Waals surface area contributed by atoms with E-state index in [1.807, 2.05) is 0 Å². The van der Waals surface area contributed by atoms with Crippen LogP contribution in [0.5, 0.6) is 0 Å². The molecule has 130 valence electrons. The van der Waals surface area contributed by atoms with Crippen LogP contribution in [0.15, 0.2) is 23.0 Å². The molecule has 1 heterocycles. The Labute approximate surface area is 136 Å². The Morgan fingerprint density at radius 3 is 2.54 bits per heavy atom. The second-order valence-corrected chi connectivity index (χ2v) is 5.53. The number of esters is 1. The van der Waals surface area contributed by atoms with Gasteiger partial charge in [0.05, 0.1) is 24.1 Å². The molecule has 0 unspecified atom stereocenters. The smallest absolute Gasteiger partial charge is 0.416 e. The fourth-order valence-corrected chi connectivity index (χ4v) is 2.33. The molecule has 5 nitrogen and oxygen atoms in total. The maximum absolute atomic E-state index is 12.9. The van der Waals surface area contributed by atoms with Crippen LogP contribution in [0.1, 0.15) is 38.1 Å². The third kappa shape index (κ3) is 3.58. The van der Waals surface area contributed by atoms with E-state index in [9.17, 15) is 22.8 Å². The summed E-state index contributed by atoms with van der Waals surface area (Å²) in [5.74, 6) is -0.608. The van der Waals surface area contributed by atoms with Crippen LogP contribution >= 0.6 is 0 Å². The Bertz CT molecular complexity index is 826. The molecule has 1 aromatic carbocycles. The van der Waals surface area contributed by atoms with Gasteiger partial charge in [0.25, 0.3) is 0 Å². The SMILES string of the molecule is CCOC(=O)Cc1nn(C(C)C)c2cc(C(F)(F)F)ccc2c1=O. The van der Waals surface area contributed by atoms with Crippen LogP contribution in [0, 0.1) is 0 Å². The summed E-state index contributed by atoms with van der Waals surface area (Å²) in [7, 11) is 0. The second kappa shape index (κ2) is 6.62. The number of nitrogens with zero attached hydrogens (tertiary/aromatic N) is 2. The van der Waals surface area contributed by atoms with Crippen LogP contribution in [0.3, 0.4) is 0 Å². The summed E-state index contributed by atoms with van der Waals surface area (Å²) >= 11 is 0. The molecule has 0 saturated carbocycles. The molecule has 0 amide bonds. The molecule has 0 fully saturated rings. The fraction of sp³-hybridized carbons (Fsp3) is 0.438. The van der Waals surface area contributed by atoms with Gasteiger partial charge in [-0.2, -0.15) is 18.3 Å². The summed E-state index contributed by atoms with van der Waals surface area (Å²) < 4.78 is 44.9. The van der Waals surface area contributed by atoms with Crippen LogP contribution in [0.25, 0.3) is 10.9 Å². The maximum Gasteiger partial charge on any atom is 0.416 e. The number of rotatable bonds is 4. The number of ether oxygens (including phenoxy) is 1. The molecule has 0 bridgehead atoms. The lowest BCUT2D eigenvalue weighted by Gasteiger charge is -2.16. The molecule has 0 aliphatic carbocycles. The molecule has 0 saturated heterocycles. The van der Waals surface area contributed by atoms with E-state index in [2.05, 4.69) is 5.10 Å². The molecule has 0 N–H and O–H groups in total. The highest BCUT2D eigenvalue weighted by atomic mass is 19.4. The number of carbonyl (C=O) groups is 1. The molecule has 0 atom stereocenters. The molecule has 8 heteroatoms. The van der Waals surface area contributed by atoms with Crippen LogP contribution < -0.4 is 5.43 Å². The highest BCUT2D eigenvalue weighted by Gasteiger charge is 2.31. The van der Waals surface area contributed by atoms with Crippen molar-refractivity contribution in [1.29, 1.82) is 0 Å². The van der Waals surface area contributed by atoms with Gasteiger partial charge < -0.3 is 4.74 Å². The zero-order valence-electron chi connectivity index (χ0n) is 13.5. The predicted molar refractivity (Wildman–Crippen MR) is 81.7 cm³/mol. The molecule has 0 spiro atoms. The maximum atomic E-state index is 12.9. The molecule has 0 aliphatic rings. The number of benzene rings is 1. The third-order valence-electron chi connectivity index (χ3n) is 3.41. The van der Waals surface area contributed by atoms with Crippen LogP contribution in [-0.2, 0) is 22.1 Å². The van der Waals surface area contributed by atoms with Gasteiger partial charge in [0, 0.05) is 11.4 Å². The van der Waals surface area contributed by atoms with Crippen LogP contribution in [0.2, 0.25) is 0 Å². The first-order valence-corrected chi connectivity index (χ1v) is 7.43. The largest absolute Gasteiger partial charge is 0.466 e. The van der Waals surface area contributed by atoms with Crippen LogP contribution in [0.4, 0.5) is 13.2 Å². The number of carbonyl (C=O) groups excluding carboxylic acids is 1. The van der Waals surface area contributed by atoms with E-state index in [1.165, 1.54) is 4.68 Å². The monoisotopic (exact) mass is 342 g/mol.